The number of nitrogens with zero attached hydrogens (tertiary/aromatic N) is 2. The number of para-hydroxylation sites is 1. The highest BCUT2D eigenvalue weighted by atomic mass is 35.5. The minimum absolute atomic E-state index is 0.0677. The van der Waals surface area contributed by atoms with Gasteiger partial charge in [0.25, 0.3) is 0 Å². The van der Waals surface area contributed by atoms with Crippen molar-refractivity contribution in [2.24, 2.45) is 5.92 Å². The molecule has 2 aromatic carbocycles. The average Bonchev–Trinajstić information content (AvgIpc) is 3.36. The molecule has 2 aliphatic rings. The van der Waals surface area contributed by atoms with Crippen LogP contribution in [-0.4, -0.2) is 53.8 Å². The van der Waals surface area contributed by atoms with E-state index >= 15 is 0 Å². The van der Waals surface area contributed by atoms with Crippen molar-refractivity contribution in [2.45, 2.75) is 31.5 Å². The number of aliphatic carboxylic acids is 1. The van der Waals surface area contributed by atoms with E-state index in [1.54, 1.807) is 19.1 Å². The molecule has 1 aromatic heterocycles. The molecule has 1 fully saturated rings. The first-order valence-corrected chi connectivity index (χ1v) is 12.6. The molecule has 2 atom stereocenters. The minimum atomic E-state index is -0.802. The van der Waals surface area contributed by atoms with Gasteiger partial charge in [0.15, 0.2) is 11.5 Å². The Balaban J connectivity index is 1.53. The van der Waals surface area contributed by atoms with Crippen molar-refractivity contribution < 1.29 is 28.9 Å². The Morgan fingerprint density at radius 3 is 2.54 bits per heavy atom. The molecule has 0 bridgehead atoms. The molecule has 3 heterocycles. The largest absolute Gasteiger partial charge is 0.493 e. The van der Waals surface area contributed by atoms with Gasteiger partial charge in [-0.05, 0) is 49.2 Å². The molecule has 1 saturated heterocycles. The molecule has 3 aromatic rings. The summed E-state index contributed by atoms with van der Waals surface area (Å²) in [7, 11) is 3.17. The highest BCUT2D eigenvalue weighted by Gasteiger charge is 2.35. The van der Waals surface area contributed by atoms with E-state index in [9.17, 15) is 14.7 Å². The molecule has 5 rings (SSSR count). The molecule has 1 amide bonds. The summed E-state index contributed by atoms with van der Waals surface area (Å²) >= 11 is 6.45. The van der Waals surface area contributed by atoms with Gasteiger partial charge >= 0.3 is 5.97 Å². The van der Waals surface area contributed by atoms with E-state index in [2.05, 4.69) is 0 Å². The predicted octanol–water partition coefficient (Wildman–Crippen LogP) is 5.02. The molecular weight excluding hydrogens is 496 g/mol. The number of carbonyl (C=O) groups is 2. The minimum Gasteiger partial charge on any atom is -0.493 e. The number of carboxylic acids is 1. The number of likely N-dealkylation sites (tertiary alicyclic amines) is 1. The van der Waals surface area contributed by atoms with Crippen molar-refractivity contribution in [3.63, 3.8) is 0 Å². The number of rotatable bonds is 6. The smallest absolute Gasteiger partial charge is 0.306 e. The fraction of sp³-hybridized carbons (Fsp3) is 0.357. The number of ether oxygens (including phenoxy) is 3. The van der Waals surface area contributed by atoms with Gasteiger partial charge in [0.05, 0.1) is 37.9 Å². The van der Waals surface area contributed by atoms with Crippen LogP contribution >= 0.6 is 11.6 Å². The summed E-state index contributed by atoms with van der Waals surface area (Å²) < 4.78 is 20.1. The number of fused-ring (bicyclic) bond motifs is 3. The summed E-state index contributed by atoms with van der Waals surface area (Å²) in [4.78, 5) is 26.5. The zero-order valence-electron chi connectivity index (χ0n) is 20.7. The van der Waals surface area contributed by atoms with Crippen LogP contribution < -0.4 is 9.47 Å². The number of hydrogen-bond donors (Lipinski definition) is 1. The van der Waals surface area contributed by atoms with Crippen LogP contribution in [0, 0.1) is 5.92 Å². The summed E-state index contributed by atoms with van der Waals surface area (Å²) in [5.74, 6) is -0.150. The number of benzene rings is 2. The maximum Gasteiger partial charge on any atom is 0.306 e. The fourth-order valence-electron chi connectivity index (χ4n) is 5.31. The van der Waals surface area contributed by atoms with E-state index in [0.717, 1.165) is 22.5 Å². The Morgan fingerprint density at radius 1 is 1.05 bits per heavy atom. The fourth-order valence-corrected chi connectivity index (χ4v) is 5.49. The summed E-state index contributed by atoms with van der Waals surface area (Å²) in [6, 6.07) is 15.2. The van der Waals surface area contributed by atoms with Crippen LogP contribution in [0.15, 0.2) is 54.7 Å². The molecule has 0 spiro atoms. The van der Waals surface area contributed by atoms with Crippen molar-refractivity contribution >= 4 is 23.5 Å². The van der Waals surface area contributed by atoms with Crippen molar-refractivity contribution in [3.8, 4) is 17.2 Å². The van der Waals surface area contributed by atoms with Gasteiger partial charge in [-0.3, -0.25) is 9.59 Å². The van der Waals surface area contributed by atoms with E-state index in [-0.39, 0.29) is 12.3 Å². The van der Waals surface area contributed by atoms with Crippen molar-refractivity contribution in [1.29, 1.82) is 0 Å². The average molecular weight is 525 g/mol. The van der Waals surface area contributed by atoms with Crippen LogP contribution in [0.25, 0.3) is 5.69 Å². The first kappa shape index (κ1) is 25.2. The van der Waals surface area contributed by atoms with E-state index in [1.807, 2.05) is 59.3 Å². The first-order valence-electron chi connectivity index (χ1n) is 12.2. The molecule has 8 nitrogen and oxygen atoms in total. The molecule has 1 N–H and O–H groups in total. The van der Waals surface area contributed by atoms with E-state index in [1.165, 1.54) is 0 Å². The molecule has 194 valence electrons. The second-order valence-electron chi connectivity index (χ2n) is 9.29. The summed E-state index contributed by atoms with van der Waals surface area (Å²) in [5.41, 5.74) is 3.35. The molecule has 0 aliphatic carbocycles. The van der Waals surface area contributed by atoms with Gasteiger partial charge < -0.3 is 28.8 Å². The Bertz CT molecular complexity index is 1310. The highest BCUT2D eigenvalue weighted by Crippen LogP contribution is 2.46. The standard InChI is InChI=1S/C28H29ClN2O6/c1-35-23-7-3-5-19(27(23)36-2)26-20-15-18(29)8-9-21(20)31-12-4-6-22(31)24(37-26)16-25(32)30-13-10-17(11-14-30)28(33)34/h3-9,12,15,17,24,26H,10-11,13-14,16H2,1-2H3,(H,33,34)/t24-,26-/m0/s1. The molecule has 0 radical (unpaired) electrons. The predicted molar refractivity (Wildman–Crippen MR) is 138 cm³/mol. The number of carbonyl (C=O) groups excluding carboxylic acids is 1. The summed E-state index contributed by atoms with van der Waals surface area (Å²) in [5, 5.41) is 9.88. The van der Waals surface area contributed by atoms with E-state index in [0.29, 0.717) is 42.5 Å². The Kier molecular flexibility index (Phi) is 7.13. The lowest BCUT2D eigenvalue weighted by Gasteiger charge is -2.32. The number of hydrogen-bond acceptors (Lipinski definition) is 5. The lowest BCUT2D eigenvalue weighted by Crippen LogP contribution is -2.40. The second-order valence-corrected chi connectivity index (χ2v) is 9.73. The Morgan fingerprint density at radius 2 is 1.84 bits per heavy atom. The normalized spacial score (nSPS) is 19.5. The third kappa shape index (κ3) is 4.79. The van der Waals surface area contributed by atoms with Gasteiger partial charge in [-0.15, -0.1) is 0 Å². The Labute approximate surface area is 220 Å². The van der Waals surface area contributed by atoms with Crippen molar-refractivity contribution in [1.82, 2.24) is 9.47 Å². The lowest BCUT2D eigenvalue weighted by molar-refractivity contribution is -0.146. The van der Waals surface area contributed by atoms with Crippen LogP contribution in [-0.2, 0) is 14.3 Å². The van der Waals surface area contributed by atoms with Crippen LogP contribution in [0.2, 0.25) is 5.02 Å². The zero-order valence-corrected chi connectivity index (χ0v) is 21.5. The molecule has 0 saturated carbocycles. The van der Waals surface area contributed by atoms with Gasteiger partial charge in [-0.1, -0.05) is 23.7 Å². The third-order valence-corrected chi connectivity index (χ3v) is 7.45. The van der Waals surface area contributed by atoms with Gasteiger partial charge in [-0.25, -0.2) is 0 Å². The van der Waals surface area contributed by atoms with Gasteiger partial charge in [0, 0.05) is 35.4 Å². The number of piperidine rings is 1. The van der Waals surface area contributed by atoms with Gasteiger partial charge in [0.2, 0.25) is 5.91 Å². The number of aromatic nitrogens is 1. The second kappa shape index (κ2) is 10.5. The van der Waals surface area contributed by atoms with Crippen LogP contribution in [0.1, 0.15) is 48.3 Å². The number of carboxylic acid groups (broad SMARTS) is 1. The highest BCUT2D eigenvalue weighted by molar-refractivity contribution is 6.30. The molecular formula is C28H29ClN2O6. The number of halogens is 1. The van der Waals surface area contributed by atoms with Crippen LogP contribution in [0.3, 0.4) is 0 Å². The zero-order chi connectivity index (χ0) is 26.1. The van der Waals surface area contributed by atoms with E-state index in [4.69, 9.17) is 25.8 Å². The molecule has 9 heteroatoms. The quantitative estimate of drug-likeness (QED) is 0.487. The topological polar surface area (TPSA) is 90.2 Å². The number of amides is 1. The molecule has 37 heavy (non-hydrogen) atoms. The third-order valence-electron chi connectivity index (χ3n) is 7.21. The SMILES string of the molecule is COc1cccc([C@@H]2O[C@@H](CC(=O)N3CCC(C(=O)O)CC3)c3cccn3-c3ccc(Cl)cc32)c1OC. The first-order chi connectivity index (χ1) is 17.9. The Hall–Kier alpha value is -3.49. The van der Waals surface area contributed by atoms with Crippen LogP contribution in [0.5, 0.6) is 11.5 Å². The van der Waals surface area contributed by atoms with Crippen molar-refractivity contribution in [3.05, 3.63) is 76.6 Å². The van der Waals surface area contributed by atoms with E-state index < -0.39 is 24.1 Å². The molecule has 2 aliphatic heterocycles. The van der Waals surface area contributed by atoms with Crippen LogP contribution in [0.4, 0.5) is 0 Å². The van der Waals surface area contributed by atoms with Gasteiger partial charge in [-0.2, -0.15) is 0 Å². The summed E-state index contributed by atoms with van der Waals surface area (Å²) in [6.07, 6.45) is 1.83. The summed E-state index contributed by atoms with van der Waals surface area (Å²) in [6.45, 7) is 0.846. The maximum atomic E-state index is 13.4. The lowest BCUT2D eigenvalue weighted by atomic mass is 9.96. The monoisotopic (exact) mass is 524 g/mol. The number of methoxy groups -OCH3 is 2. The molecule has 0 unspecified atom stereocenters. The maximum absolute atomic E-state index is 13.4. The van der Waals surface area contributed by atoms with Gasteiger partial charge in [0.1, 0.15) is 12.2 Å². The van der Waals surface area contributed by atoms with Crippen molar-refractivity contribution in [2.75, 3.05) is 27.3 Å².